The molecule has 0 saturated heterocycles. The van der Waals surface area contributed by atoms with Crippen molar-refractivity contribution in [1.82, 2.24) is 0 Å². The maximum atomic E-state index is 3.84. The van der Waals surface area contributed by atoms with Crippen LogP contribution < -0.4 is 0 Å². The van der Waals surface area contributed by atoms with E-state index in [9.17, 15) is 0 Å². The highest BCUT2D eigenvalue weighted by atomic mass is 14.2. The van der Waals surface area contributed by atoms with Crippen LogP contribution >= 0.6 is 0 Å². The lowest BCUT2D eigenvalue weighted by Crippen LogP contribution is -2.08. The fourth-order valence-corrected chi connectivity index (χ4v) is 0.854. The Hall–Kier alpha value is -0.780. The Morgan fingerprint density at radius 2 is 1.75 bits per heavy atom. The lowest BCUT2D eigenvalue weighted by atomic mass is 9.84. The summed E-state index contributed by atoms with van der Waals surface area (Å²) in [7, 11) is 0. The van der Waals surface area contributed by atoms with E-state index in [-0.39, 0.29) is 5.41 Å². The maximum absolute atomic E-state index is 3.84. The third-order valence-electron chi connectivity index (χ3n) is 2.23. The van der Waals surface area contributed by atoms with Crippen LogP contribution in [-0.4, -0.2) is 0 Å². The van der Waals surface area contributed by atoms with Crippen LogP contribution in [-0.2, 0) is 0 Å². The summed E-state index contributed by atoms with van der Waals surface area (Å²) < 4.78 is 0. The number of hydrogen-bond acceptors (Lipinski definition) is 0. The fourth-order valence-electron chi connectivity index (χ4n) is 0.854. The van der Waals surface area contributed by atoms with E-state index in [1.807, 2.05) is 6.92 Å². The zero-order valence-electron chi connectivity index (χ0n) is 8.94. The highest BCUT2D eigenvalue weighted by Crippen LogP contribution is 2.27. The molecule has 0 aliphatic carbocycles. The molecule has 12 heavy (non-hydrogen) atoms. The Morgan fingerprint density at radius 3 is 2.08 bits per heavy atom. The van der Waals surface area contributed by atoms with Gasteiger partial charge in [0, 0.05) is 5.41 Å². The minimum atomic E-state index is 0.160. The molecule has 0 spiro atoms. The summed E-state index contributed by atoms with van der Waals surface area (Å²) in [4.78, 5) is 0. The summed E-state index contributed by atoms with van der Waals surface area (Å²) >= 11 is 0. The molecule has 68 valence electrons. The van der Waals surface area contributed by atoms with Crippen molar-refractivity contribution in [2.75, 3.05) is 0 Å². The summed E-state index contributed by atoms with van der Waals surface area (Å²) in [6.45, 7) is 14.5. The van der Waals surface area contributed by atoms with Crippen LogP contribution in [0.2, 0.25) is 0 Å². The third-order valence-corrected chi connectivity index (χ3v) is 2.23. The van der Waals surface area contributed by atoms with Crippen molar-refractivity contribution in [3.05, 3.63) is 36.0 Å². The third kappa shape index (κ3) is 3.56. The molecule has 0 atom stereocenters. The quantitative estimate of drug-likeness (QED) is 0.435. The van der Waals surface area contributed by atoms with Gasteiger partial charge in [-0.2, -0.15) is 0 Å². The van der Waals surface area contributed by atoms with Gasteiger partial charge < -0.3 is 0 Å². The summed E-state index contributed by atoms with van der Waals surface area (Å²) in [5.74, 6) is 0. The first-order valence-corrected chi connectivity index (χ1v) is 4.38. The van der Waals surface area contributed by atoms with E-state index in [0.717, 1.165) is 5.57 Å². The van der Waals surface area contributed by atoms with E-state index in [1.165, 1.54) is 5.57 Å². The molecule has 0 bridgehead atoms. The maximum Gasteiger partial charge on any atom is 0.00345 e. The smallest absolute Gasteiger partial charge is 0.00345 e. The molecule has 0 aliphatic rings. The van der Waals surface area contributed by atoms with Crippen LogP contribution in [0.25, 0.3) is 0 Å². The summed E-state index contributed by atoms with van der Waals surface area (Å²) in [5, 5.41) is 0. The molecule has 0 rings (SSSR count). The lowest BCUT2D eigenvalue weighted by Gasteiger charge is -2.21. The minimum absolute atomic E-state index is 0.160. The van der Waals surface area contributed by atoms with E-state index >= 15 is 0 Å². The van der Waals surface area contributed by atoms with Crippen molar-refractivity contribution in [2.24, 2.45) is 5.41 Å². The largest absolute Gasteiger partial charge is 0.0961 e. The lowest BCUT2D eigenvalue weighted by molar-refractivity contribution is 0.578. The van der Waals surface area contributed by atoms with Gasteiger partial charge in [-0.25, -0.2) is 0 Å². The Morgan fingerprint density at radius 1 is 1.25 bits per heavy atom. The molecule has 0 aliphatic heterocycles. The molecule has 0 heteroatoms. The highest BCUT2D eigenvalue weighted by molar-refractivity contribution is 5.22. The van der Waals surface area contributed by atoms with E-state index in [4.69, 9.17) is 0 Å². The first-order chi connectivity index (χ1) is 5.40. The Labute approximate surface area is 76.7 Å². The van der Waals surface area contributed by atoms with E-state index < -0.39 is 0 Å². The molecule has 0 N–H and O–H groups in total. The van der Waals surface area contributed by atoms with Crippen molar-refractivity contribution in [3.8, 4) is 0 Å². The number of rotatable bonds is 3. The van der Waals surface area contributed by atoms with Gasteiger partial charge in [0.2, 0.25) is 0 Å². The van der Waals surface area contributed by atoms with Gasteiger partial charge in [-0.3, -0.25) is 0 Å². The zero-order valence-corrected chi connectivity index (χ0v) is 8.94. The van der Waals surface area contributed by atoms with Gasteiger partial charge in [-0.1, -0.05) is 49.8 Å². The highest BCUT2D eigenvalue weighted by Gasteiger charge is 2.14. The average Bonchev–Trinajstić information content (AvgIpc) is 1.99. The molecule has 0 saturated carbocycles. The van der Waals surface area contributed by atoms with Crippen LogP contribution in [0, 0.1) is 5.41 Å². The van der Waals surface area contributed by atoms with Crippen molar-refractivity contribution in [3.63, 3.8) is 0 Å². The molecule has 0 amide bonds. The Balaban J connectivity index is 4.53. The topological polar surface area (TPSA) is 0 Å². The molecule has 0 nitrogen and oxygen atoms in total. The van der Waals surface area contributed by atoms with E-state index in [1.54, 1.807) is 0 Å². The molecule has 0 unspecified atom stereocenters. The van der Waals surface area contributed by atoms with Crippen LogP contribution in [0.3, 0.4) is 0 Å². The first kappa shape index (κ1) is 11.2. The van der Waals surface area contributed by atoms with Gasteiger partial charge in [-0.05, 0) is 20.8 Å². The Bertz CT molecular complexity index is 214. The Kier molecular flexibility index (Phi) is 4.02. The summed E-state index contributed by atoms with van der Waals surface area (Å²) in [6, 6.07) is 0. The van der Waals surface area contributed by atoms with E-state index in [2.05, 4.69) is 52.5 Å². The monoisotopic (exact) mass is 164 g/mol. The average molecular weight is 164 g/mol. The fraction of sp³-hybridized carbons (Fsp3) is 0.500. The van der Waals surface area contributed by atoms with E-state index in [0.29, 0.717) is 0 Å². The van der Waals surface area contributed by atoms with Gasteiger partial charge in [0.1, 0.15) is 0 Å². The van der Waals surface area contributed by atoms with Crippen LogP contribution in [0.15, 0.2) is 36.0 Å². The van der Waals surface area contributed by atoms with Gasteiger partial charge in [-0.15, -0.1) is 0 Å². The predicted molar refractivity (Wildman–Crippen MR) is 57.2 cm³/mol. The van der Waals surface area contributed by atoms with Gasteiger partial charge >= 0.3 is 0 Å². The molecule has 0 aromatic carbocycles. The standard InChI is InChI=1S/C12H20/c1-7-11(4)12(5,6)9-8-10(2)3/h7-9H,2H2,1,3-6H3/b9-8+,11-7+. The first-order valence-electron chi connectivity index (χ1n) is 4.38. The second-order valence-electron chi connectivity index (χ2n) is 3.87. The molecule has 0 aromatic rings. The molecular formula is C12H20. The summed E-state index contributed by atoms with van der Waals surface area (Å²) in [6.07, 6.45) is 6.43. The van der Waals surface area contributed by atoms with Crippen molar-refractivity contribution >= 4 is 0 Å². The molecule has 0 radical (unpaired) electrons. The second kappa shape index (κ2) is 4.30. The second-order valence-corrected chi connectivity index (χ2v) is 3.87. The van der Waals surface area contributed by atoms with Gasteiger partial charge in [0.25, 0.3) is 0 Å². The molecule has 0 aromatic heterocycles. The number of hydrogen-bond donors (Lipinski definition) is 0. The minimum Gasteiger partial charge on any atom is -0.0961 e. The SMILES string of the molecule is C=C(C)/C=C/C(C)(C)/C(C)=C/C. The van der Waals surface area contributed by atoms with Gasteiger partial charge in [0.05, 0.1) is 0 Å². The summed E-state index contributed by atoms with van der Waals surface area (Å²) in [5.41, 5.74) is 2.65. The molecular weight excluding hydrogens is 144 g/mol. The van der Waals surface area contributed by atoms with Crippen LogP contribution in [0.5, 0.6) is 0 Å². The number of allylic oxidation sites excluding steroid dienone is 5. The van der Waals surface area contributed by atoms with Crippen molar-refractivity contribution < 1.29 is 0 Å². The predicted octanol–water partition coefficient (Wildman–Crippen LogP) is 4.11. The van der Waals surface area contributed by atoms with Gasteiger partial charge in [0.15, 0.2) is 0 Å². The van der Waals surface area contributed by atoms with Crippen molar-refractivity contribution in [1.29, 1.82) is 0 Å². The van der Waals surface area contributed by atoms with Crippen molar-refractivity contribution in [2.45, 2.75) is 34.6 Å². The normalized spacial score (nSPS) is 13.9. The zero-order chi connectivity index (χ0) is 9.78. The molecule has 0 heterocycles. The molecule has 0 fully saturated rings. The van der Waals surface area contributed by atoms with Crippen LogP contribution in [0.1, 0.15) is 34.6 Å². The van der Waals surface area contributed by atoms with Crippen LogP contribution in [0.4, 0.5) is 0 Å².